The second kappa shape index (κ2) is 11.2. The maximum absolute atomic E-state index is 16.2. The first-order chi connectivity index (χ1) is 22.0. The molecule has 0 atom stereocenters. The fourth-order valence-corrected chi connectivity index (χ4v) is 6.67. The van der Waals surface area contributed by atoms with Crippen molar-refractivity contribution >= 4 is 44.0 Å². The van der Waals surface area contributed by atoms with E-state index in [0.717, 1.165) is 23.8 Å². The number of pyridine rings is 2. The van der Waals surface area contributed by atoms with Gasteiger partial charge in [-0.25, -0.2) is 26.4 Å². The maximum atomic E-state index is 16.2. The van der Waals surface area contributed by atoms with Gasteiger partial charge in [0.05, 0.1) is 45.9 Å². The van der Waals surface area contributed by atoms with Gasteiger partial charge in [-0.15, -0.1) is 0 Å². The summed E-state index contributed by atoms with van der Waals surface area (Å²) in [7, 11) is -3.84. The third kappa shape index (κ3) is 5.74. The van der Waals surface area contributed by atoms with Gasteiger partial charge in [0.25, 0.3) is 0 Å². The smallest absolute Gasteiger partial charge is 0.335 e. The van der Waals surface area contributed by atoms with Crippen LogP contribution in [0, 0.1) is 17.5 Å². The van der Waals surface area contributed by atoms with Gasteiger partial charge in [-0.3, -0.25) is 14.7 Å². The molecule has 1 fully saturated rings. The van der Waals surface area contributed by atoms with Gasteiger partial charge in [-0.1, -0.05) is 0 Å². The molecule has 1 aliphatic carbocycles. The number of halogens is 3. The number of benzene rings is 3. The number of aromatic carboxylic acids is 1. The van der Waals surface area contributed by atoms with Crippen molar-refractivity contribution < 1.29 is 41.0 Å². The van der Waals surface area contributed by atoms with Crippen LogP contribution in [-0.4, -0.2) is 41.3 Å². The molecule has 0 unspecified atom stereocenters. The monoisotopic (exact) mass is 648 g/mol. The van der Waals surface area contributed by atoms with E-state index in [1.165, 1.54) is 24.4 Å². The van der Waals surface area contributed by atoms with Crippen LogP contribution in [0.15, 0.2) is 67.1 Å². The molecule has 0 saturated heterocycles. The summed E-state index contributed by atoms with van der Waals surface area (Å²) < 4.78 is 83.5. The lowest BCUT2D eigenvalue weighted by molar-refractivity contribution is 0.0696. The van der Waals surface area contributed by atoms with Gasteiger partial charge in [0.1, 0.15) is 34.7 Å². The third-order valence-electron chi connectivity index (χ3n) is 7.53. The molecule has 2 aromatic heterocycles. The fraction of sp³-hybridized carbons (Fsp3) is 0.156. The van der Waals surface area contributed by atoms with Crippen LogP contribution >= 0.6 is 0 Å². The molecule has 0 bridgehead atoms. The summed E-state index contributed by atoms with van der Waals surface area (Å²) in [6.07, 6.45) is 6.10. The lowest BCUT2D eigenvalue weighted by Gasteiger charge is -2.18. The van der Waals surface area contributed by atoms with Crippen molar-refractivity contribution in [3.8, 4) is 28.4 Å². The summed E-state index contributed by atoms with van der Waals surface area (Å²) >= 11 is 0. The Balaban J connectivity index is 1.35. The van der Waals surface area contributed by atoms with Crippen molar-refractivity contribution in [1.29, 1.82) is 0 Å². The number of carboxylic acid groups (broad SMARTS) is 1. The van der Waals surface area contributed by atoms with E-state index in [2.05, 4.69) is 20.0 Å². The van der Waals surface area contributed by atoms with Gasteiger partial charge in [0.2, 0.25) is 10.0 Å². The zero-order chi connectivity index (χ0) is 32.2. The predicted molar refractivity (Wildman–Crippen MR) is 163 cm³/mol. The number of rotatable bonds is 9. The first-order valence-electron chi connectivity index (χ1n) is 14.1. The second-order valence-electron chi connectivity index (χ2n) is 10.9. The molecule has 46 heavy (non-hydrogen) atoms. The Morgan fingerprint density at radius 2 is 1.72 bits per heavy atom. The van der Waals surface area contributed by atoms with Gasteiger partial charge >= 0.3 is 5.97 Å². The quantitative estimate of drug-likeness (QED) is 0.158. The van der Waals surface area contributed by atoms with Crippen molar-refractivity contribution in [1.82, 2.24) is 9.97 Å². The second-order valence-corrected chi connectivity index (χ2v) is 12.9. The SMILES string of the molecule is O=C(O)c1cc(Nc2c(NS(=O)(=O)C3CC3)cnc3cc(-c4cncc5c4OCC5)cc(F)c23)cc(Oc2cc(F)cc(F)c2)c1. The first-order valence-corrected chi connectivity index (χ1v) is 15.6. The molecule has 234 valence electrons. The van der Waals surface area contributed by atoms with Gasteiger partial charge in [0, 0.05) is 59.9 Å². The summed E-state index contributed by atoms with van der Waals surface area (Å²) in [6.45, 7) is 0.468. The van der Waals surface area contributed by atoms with Crippen LogP contribution in [0.1, 0.15) is 28.8 Å². The number of carbonyl (C=O) groups is 1. The number of nitrogens with zero attached hydrogens (tertiary/aromatic N) is 2. The van der Waals surface area contributed by atoms with E-state index in [0.29, 0.717) is 48.8 Å². The minimum Gasteiger partial charge on any atom is -0.492 e. The molecule has 1 saturated carbocycles. The Morgan fingerprint density at radius 3 is 2.46 bits per heavy atom. The molecule has 5 aromatic rings. The maximum Gasteiger partial charge on any atom is 0.335 e. The molecule has 10 nitrogen and oxygen atoms in total. The number of hydrogen-bond acceptors (Lipinski definition) is 8. The number of nitrogens with one attached hydrogen (secondary N) is 2. The summed E-state index contributed by atoms with van der Waals surface area (Å²) in [5.74, 6) is -3.67. The fourth-order valence-electron chi connectivity index (χ4n) is 5.28. The zero-order valence-electron chi connectivity index (χ0n) is 23.7. The Morgan fingerprint density at radius 1 is 0.957 bits per heavy atom. The Labute approximate surface area is 259 Å². The molecule has 1 aliphatic heterocycles. The van der Waals surface area contributed by atoms with E-state index >= 15 is 4.39 Å². The molecule has 3 heterocycles. The normalized spacial score (nSPS) is 14.1. The van der Waals surface area contributed by atoms with Crippen LogP contribution < -0.4 is 19.5 Å². The van der Waals surface area contributed by atoms with Crippen LogP contribution in [-0.2, 0) is 16.4 Å². The molecule has 7 rings (SSSR count). The van der Waals surface area contributed by atoms with E-state index in [1.807, 2.05) is 0 Å². The summed E-state index contributed by atoms with van der Waals surface area (Å²) in [4.78, 5) is 20.6. The highest BCUT2D eigenvalue weighted by atomic mass is 32.2. The number of carboxylic acids is 1. The largest absolute Gasteiger partial charge is 0.492 e. The van der Waals surface area contributed by atoms with Crippen molar-refractivity contribution in [3.05, 3.63) is 95.7 Å². The minimum atomic E-state index is -3.84. The molecule has 3 aromatic carbocycles. The number of anilines is 3. The van der Waals surface area contributed by atoms with E-state index in [-0.39, 0.29) is 45.0 Å². The molecular weight excluding hydrogens is 625 g/mol. The molecule has 2 aliphatic rings. The number of sulfonamides is 1. The van der Waals surface area contributed by atoms with Crippen molar-refractivity contribution in [2.24, 2.45) is 0 Å². The molecule has 3 N–H and O–H groups in total. The highest BCUT2D eigenvalue weighted by Crippen LogP contribution is 2.42. The van der Waals surface area contributed by atoms with Crippen molar-refractivity contribution in [2.45, 2.75) is 24.5 Å². The standard InChI is InChI=1S/C32H23F3N4O6S/c33-19-9-20(34)11-23(10-19)45-22-6-18(32(40)41)5-21(12-22)38-30-28(39-46(42,43)24-1-2-24)15-37-27-8-17(7-26(35)29(27)30)25-14-36-13-16-3-4-44-31(16)25/h5-15,24,39H,1-4H2,(H,37,38)(H,40,41). The number of ether oxygens (including phenoxy) is 2. The number of hydrogen-bond donors (Lipinski definition) is 3. The third-order valence-corrected chi connectivity index (χ3v) is 9.38. The lowest BCUT2D eigenvalue weighted by Crippen LogP contribution is -2.18. The number of fused-ring (bicyclic) bond motifs is 2. The molecule has 0 spiro atoms. The lowest BCUT2D eigenvalue weighted by atomic mass is 10.0. The first kappa shape index (κ1) is 29.3. The topological polar surface area (TPSA) is 140 Å². The highest BCUT2D eigenvalue weighted by molar-refractivity contribution is 7.93. The van der Waals surface area contributed by atoms with E-state index in [1.54, 1.807) is 18.5 Å². The minimum absolute atomic E-state index is 0.0452. The van der Waals surface area contributed by atoms with Crippen molar-refractivity contribution in [3.63, 3.8) is 0 Å². The summed E-state index contributed by atoms with van der Waals surface area (Å²) in [6, 6.07) is 9.04. The Hall–Kier alpha value is -5.37. The van der Waals surface area contributed by atoms with Crippen LogP contribution in [0.2, 0.25) is 0 Å². The Kier molecular flexibility index (Phi) is 7.15. The van der Waals surface area contributed by atoms with E-state index < -0.39 is 38.7 Å². The van der Waals surface area contributed by atoms with Crippen LogP contribution in [0.25, 0.3) is 22.0 Å². The molecule has 0 amide bonds. The van der Waals surface area contributed by atoms with Crippen LogP contribution in [0.3, 0.4) is 0 Å². The highest BCUT2D eigenvalue weighted by Gasteiger charge is 2.36. The van der Waals surface area contributed by atoms with E-state index in [4.69, 9.17) is 9.47 Å². The van der Waals surface area contributed by atoms with Gasteiger partial charge in [-0.05, 0) is 42.7 Å². The summed E-state index contributed by atoms with van der Waals surface area (Å²) in [5.41, 5.74) is 1.70. The van der Waals surface area contributed by atoms with Gasteiger partial charge in [0.15, 0.2) is 0 Å². The Bertz CT molecular complexity index is 2160. The van der Waals surface area contributed by atoms with Gasteiger partial charge < -0.3 is 19.9 Å². The van der Waals surface area contributed by atoms with E-state index in [9.17, 15) is 27.1 Å². The molecular formula is C32H23F3N4O6S. The predicted octanol–water partition coefficient (Wildman–Crippen LogP) is 6.79. The summed E-state index contributed by atoms with van der Waals surface area (Å²) in [5, 5.41) is 12.0. The van der Waals surface area contributed by atoms with Crippen LogP contribution in [0.4, 0.5) is 30.2 Å². The van der Waals surface area contributed by atoms with Gasteiger partial charge in [-0.2, -0.15) is 0 Å². The molecule has 14 heteroatoms. The zero-order valence-corrected chi connectivity index (χ0v) is 24.5. The van der Waals surface area contributed by atoms with Crippen molar-refractivity contribution in [2.75, 3.05) is 16.6 Å². The average molecular weight is 649 g/mol. The van der Waals surface area contributed by atoms with Crippen LogP contribution in [0.5, 0.6) is 17.2 Å². The number of aromatic nitrogens is 2. The molecule has 0 radical (unpaired) electrons. The average Bonchev–Trinajstić information content (AvgIpc) is 3.75.